The number of nitrogens with one attached hydrogen (secondary N) is 1. The molecule has 2 aromatic carbocycles. The van der Waals surface area contributed by atoms with Crippen molar-refractivity contribution in [1.29, 1.82) is 0 Å². The summed E-state index contributed by atoms with van der Waals surface area (Å²) in [5.74, 6) is 0.425. The third-order valence-electron chi connectivity index (χ3n) is 6.52. The molecule has 8 heteroatoms. The van der Waals surface area contributed by atoms with Crippen LogP contribution >= 0.6 is 0 Å². The zero-order valence-corrected chi connectivity index (χ0v) is 19.3. The molecule has 1 fully saturated rings. The van der Waals surface area contributed by atoms with E-state index in [2.05, 4.69) is 57.3 Å². The average molecular weight is 459 g/mol. The molecule has 0 spiro atoms. The van der Waals surface area contributed by atoms with E-state index in [1.165, 1.54) is 29.6 Å². The number of hydrogen-bond acceptors (Lipinski definition) is 5. The molecule has 1 aliphatic rings. The highest BCUT2D eigenvalue weighted by molar-refractivity contribution is 5.87. The summed E-state index contributed by atoms with van der Waals surface area (Å²) >= 11 is 0. The minimum Gasteiger partial charge on any atom is -0.355 e. The van der Waals surface area contributed by atoms with Crippen molar-refractivity contribution < 1.29 is 9.18 Å². The zero-order chi connectivity index (χ0) is 23.7. The maximum absolute atomic E-state index is 13.3. The number of aryl methyl sites for hydroxylation is 2. The zero-order valence-electron chi connectivity index (χ0n) is 19.3. The van der Waals surface area contributed by atoms with Gasteiger partial charge in [-0.2, -0.15) is 0 Å². The van der Waals surface area contributed by atoms with Gasteiger partial charge in [0.1, 0.15) is 18.0 Å². The normalized spacial score (nSPS) is 16.1. The molecule has 1 aliphatic heterocycles. The van der Waals surface area contributed by atoms with Crippen molar-refractivity contribution in [2.45, 2.75) is 33.2 Å². The van der Waals surface area contributed by atoms with E-state index in [9.17, 15) is 9.18 Å². The number of rotatable bonds is 5. The number of piperidine rings is 1. The molecule has 1 unspecified atom stereocenters. The maximum Gasteiger partial charge on any atom is 0.225 e. The second-order valence-corrected chi connectivity index (χ2v) is 8.91. The summed E-state index contributed by atoms with van der Waals surface area (Å²) in [4.78, 5) is 23.9. The molecule has 2 aromatic heterocycles. The molecule has 7 nitrogen and oxygen atoms in total. The SMILES string of the molecule is Cc1ccc(CNC(=O)C2CCCN(c3ncnc4nn(-c5ccc(F)cc5)cc34)C2)cc1C. The molecule has 0 aliphatic carbocycles. The van der Waals surface area contributed by atoms with Crippen LogP contribution in [0.15, 0.2) is 55.0 Å². The quantitative estimate of drug-likeness (QED) is 0.487. The van der Waals surface area contributed by atoms with Gasteiger partial charge in [0.15, 0.2) is 5.65 Å². The lowest BCUT2D eigenvalue weighted by atomic mass is 9.96. The summed E-state index contributed by atoms with van der Waals surface area (Å²) in [6, 6.07) is 12.4. The molecular formula is C26H27FN6O. The fraction of sp³-hybridized carbons (Fsp3) is 0.308. The fourth-order valence-electron chi connectivity index (χ4n) is 4.43. The van der Waals surface area contributed by atoms with Gasteiger partial charge in [0, 0.05) is 25.8 Å². The van der Waals surface area contributed by atoms with Gasteiger partial charge >= 0.3 is 0 Å². The molecular weight excluding hydrogens is 431 g/mol. The highest BCUT2D eigenvalue weighted by Gasteiger charge is 2.28. The minimum absolute atomic E-state index is 0.0650. The maximum atomic E-state index is 13.3. The third kappa shape index (κ3) is 4.48. The second-order valence-electron chi connectivity index (χ2n) is 8.91. The Morgan fingerprint density at radius 3 is 2.74 bits per heavy atom. The predicted octanol–water partition coefficient (Wildman–Crippen LogP) is 4.10. The van der Waals surface area contributed by atoms with Crippen molar-refractivity contribution in [3.8, 4) is 5.69 Å². The van der Waals surface area contributed by atoms with Crippen LogP contribution in [0.4, 0.5) is 10.2 Å². The van der Waals surface area contributed by atoms with Gasteiger partial charge in [0.2, 0.25) is 5.91 Å². The number of aromatic nitrogens is 4. The Balaban J connectivity index is 1.31. The van der Waals surface area contributed by atoms with Crippen LogP contribution in [0.5, 0.6) is 0 Å². The second kappa shape index (κ2) is 9.21. The predicted molar refractivity (Wildman–Crippen MR) is 129 cm³/mol. The first-order chi connectivity index (χ1) is 16.5. The summed E-state index contributed by atoms with van der Waals surface area (Å²) in [6.07, 6.45) is 5.11. The van der Waals surface area contributed by atoms with Crippen LogP contribution in [0.25, 0.3) is 16.7 Å². The average Bonchev–Trinajstić information content (AvgIpc) is 3.29. The van der Waals surface area contributed by atoms with E-state index in [-0.39, 0.29) is 17.6 Å². The molecule has 0 radical (unpaired) electrons. The Morgan fingerprint density at radius 1 is 1.12 bits per heavy atom. The number of fused-ring (bicyclic) bond motifs is 1. The van der Waals surface area contributed by atoms with Crippen LogP contribution in [0.2, 0.25) is 0 Å². The summed E-state index contributed by atoms with van der Waals surface area (Å²) in [5.41, 5.74) is 4.89. The molecule has 0 bridgehead atoms. The topological polar surface area (TPSA) is 75.9 Å². The Labute approximate surface area is 197 Å². The lowest BCUT2D eigenvalue weighted by Crippen LogP contribution is -2.43. The van der Waals surface area contributed by atoms with Crippen molar-refractivity contribution in [3.05, 3.63) is 77.5 Å². The number of benzene rings is 2. The molecule has 0 saturated carbocycles. The Bertz CT molecular complexity index is 1330. The first kappa shape index (κ1) is 22.0. The number of amides is 1. The lowest BCUT2D eigenvalue weighted by molar-refractivity contribution is -0.125. The van der Waals surface area contributed by atoms with Crippen LogP contribution < -0.4 is 10.2 Å². The Hall–Kier alpha value is -3.81. The van der Waals surface area contributed by atoms with E-state index >= 15 is 0 Å². The van der Waals surface area contributed by atoms with E-state index in [0.717, 1.165) is 41.8 Å². The first-order valence-corrected chi connectivity index (χ1v) is 11.5. The number of carbonyl (C=O) groups is 1. The third-order valence-corrected chi connectivity index (χ3v) is 6.52. The van der Waals surface area contributed by atoms with Gasteiger partial charge in [0.25, 0.3) is 0 Å². The van der Waals surface area contributed by atoms with E-state index < -0.39 is 0 Å². The van der Waals surface area contributed by atoms with Crippen molar-refractivity contribution in [2.75, 3.05) is 18.0 Å². The summed E-state index contributed by atoms with van der Waals surface area (Å²) < 4.78 is 15.0. The van der Waals surface area contributed by atoms with Gasteiger partial charge in [-0.15, -0.1) is 5.10 Å². The number of carbonyl (C=O) groups excluding carboxylic acids is 1. The highest BCUT2D eigenvalue weighted by Crippen LogP contribution is 2.28. The molecule has 174 valence electrons. The van der Waals surface area contributed by atoms with Gasteiger partial charge < -0.3 is 10.2 Å². The monoisotopic (exact) mass is 458 g/mol. The van der Waals surface area contributed by atoms with Gasteiger partial charge in [-0.3, -0.25) is 4.79 Å². The van der Waals surface area contributed by atoms with Gasteiger partial charge in [-0.25, -0.2) is 19.0 Å². The summed E-state index contributed by atoms with van der Waals surface area (Å²) in [5, 5.41) is 8.45. The van der Waals surface area contributed by atoms with Crippen molar-refractivity contribution in [2.24, 2.45) is 5.92 Å². The highest BCUT2D eigenvalue weighted by atomic mass is 19.1. The lowest BCUT2D eigenvalue weighted by Gasteiger charge is -2.33. The Morgan fingerprint density at radius 2 is 1.94 bits per heavy atom. The molecule has 1 amide bonds. The van der Waals surface area contributed by atoms with Crippen molar-refractivity contribution in [1.82, 2.24) is 25.1 Å². The van der Waals surface area contributed by atoms with E-state index in [4.69, 9.17) is 0 Å². The van der Waals surface area contributed by atoms with Gasteiger partial charge in [-0.05, 0) is 67.6 Å². The number of hydrogen-bond donors (Lipinski definition) is 1. The number of nitrogens with zero attached hydrogens (tertiary/aromatic N) is 5. The van der Waals surface area contributed by atoms with Crippen LogP contribution in [0, 0.1) is 25.6 Å². The largest absolute Gasteiger partial charge is 0.355 e. The minimum atomic E-state index is -0.295. The van der Waals surface area contributed by atoms with Crippen molar-refractivity contribution in [3.63, 3.8) is 0 Å². The molecule has 3 heterocycles. The van der Waals surface area contributed by atoms with E-state index in [1.54, 1.807) is 16.8 Å². The first-order valence-electron chi connectivity index (χ1n) is 11.5. The van der Waals surface area contributed by atoms with E-state index in [1.807, 2.05) is 6.20 Å². The smallest absolute Gasteiger partial charge is 0.225 e. The van der Waals surface area contributed by atoms with Crippen molar-refractivity contribution >= 4 is 22.8 Å². The molecule has 4 aromatic rings. The van der Waals surface area contributed by atoms with Crippen LogP contribution in [0.3, 0.4) is 0 Å². The van der Waals surface area contributed by atoms with E-state index in [0.29, 0.717) is 18.7 Å². The molecule has 34 heavy (non-hydrogen) atoms. The van der Waals surface area contributed by atoms with Crippen LogP contribution in [0.1, 0.15) is 29.5 Å². The van der Waals surface area contributed by atoms with Gasteiger partial charge in [-0.1, -0.05) is 18.2 Å². The summed E-state index contributed by atoms with van der Waals surface area (Å²) in [7, 11) is 0. The molecule has 1 N–H and O–H groups in total. The fourth-order valence-corrected chi connectivity index (χ4v) is 4.43. The van der Waals surface area contributed by atoms with Crippen LogP contribution in [-0.2, 0) is 11.3 Å². The molecule has 1 atom stereocenters. The van der Waals surface area contributed by atoms with Gasteiger partial charge in [0.05, 0.1) is 17.0 Å². The molecule has 5 rings (SSSR count). The Kier molecular flexibility index (Phi) is 5.96. The number of anilines is 1. The number of halogens is 1. The standard InChI is InChI=1S/C26H27FN6O/c1-17-5-6-19(12-18(17)2)13-28-26(34)20-4-3-11-32(14-20)25-23-15-33(31-24(23)29-16-30-25)22-9-7-21(27)8-10-22/h5-10,12,15-16,20H,3-4,11,13-14H2,1-2H3,(H,28,34). The molecule has 1 saturated heterocycles. The van der Waals surface area contributed by atoms with Crippen LogP contribution in [-0.4, -0.2) is 38.7 Å². The summed E-state index contributed by atoms with van der Waals surface area (Å²) in [6.45, 7) is 6.10.